The number of halogens is 1. The van der Waals surface area contributed by atoms with Crippen LogP contribution in [-0.4, -0.2) is 52.7 Å². The fourth-order valence-electron chi connectivity index (χ4n) is 3.15. The van der Waals surface area contributed by atoms with E-state index in [0.717, 1.165) is 30.4 Å². The molecule has 8 heteroatoms. The average Bonchev–Trinajstić information content (AvgIpc) is 3.12. The van der Waals surface area contributed by atoms with Gasteiger partial charge in [-0.2, -0.15) is 0 Å². The Balaban J connectivity index is 1.52. The van der Waals surface area contributed by atoms with Crippen molar-refractivity contribution in [3.05, 3.63) is 38.9 Å². The summed E-state index contributed by atoms with van der Waals surface area (Å²) >= 11 is 7.12. The fraction of sp³-hybridized carbons (Fsp3) is 0.500. The summed E-state index contributed by atoms with van der Waals surface area (Å²) in [7, 11) is 0. The van der Waals surface area contributed by atoms with Gasteiger partial charge in [0, 0.05) is 56.7 Å². The molecule has 1 saturated heterocycles. The Morgan fingerprint density at radius 3 is 2.46 bits per heavy atom. The van der Waals surface area contributed by atoms with E-state index in [2.05, 4.69) is 28.7 Å². The third-order valence-corrected chi connectivity index (χ3v) is 6.02. The Morgan fingerprint density at radius 1 is 1.14 bits per heavy atom. The summed E-state index contributed by atoms with van der Waals surface area (Å²) in [5, 5.41) is 0. The molecule has 0 bridgehead atoms. The summed E-state index contributed by atoms with van der Waals surface area (Å²) in [6.07, 6.45) is 0.456. The van der Waals surface area contributed by atoms with Crippen molar-refractivity contribution in [1.82, 2.24) is 14.9 Å². The van der Waals surface area contributed by atoms with Crippen LogP contribution in [0.25, 0.3) is 0 Å². The number of ketones is 1. The molecule has 3 heterocycles. The third-order valence-electron chi connectivity index (χ3n) is 4.74. The molecule has 2 aromatic heterocycles. The molecule has 0 spiro atoms. The maximum absolute atomic E-state index is 12.5. The number of carbonyl (C=O) groups is 2. The molecule has 0 aromatic carbocycles. The Morgan fingerprint density at radius 2 is 1.86 bits per heavy atom. The second kappa shape index (κ2) is 9.01. The smallest absolute Gasteiger partial charge is 0.223 e. The number of amides is 1. The Kier molecular flexibility index (Phi) is 6.67. The number of piperazine rings is 1. The first kappa shape index (κ1) is 20.7. The number of Topliss-reactive ketones (excluding diaryl/α,β-unsaturated/α-hetero) is 1. The average molecular weight is 421 g/mol. The molecule has 150 valence electrons. The molecule has 6 nitrogen and oxygen atoms in total. The minimum absolute atomic E-state index is 0.0254. The summed E-state index contributed by atoms with van der Waals surface area (Å²) in [5.74, 6) is 2.05. The van der Waals surface area contributed by atoms with Gasteiger partial charge in [-0.3, -0.25) is 9.59 Å². The van der Waals surface area contributed by atoms with Crippen LogP contribution in [0.4, 0.5) is 5.82 Å². The number of rotatable bonds is 6. The van der Waals surface area contributed by atoms with E-state index in [9.17, 15) is 9.59 Å². The summed E-state index contributed by atoms with van der Waals surface area (Å²) in [4.78, 5) is 38.5. The highest BCUT2D eigenvalue weighted by Gasteiger charge is 2.23. The lowest BCUT2D eigenvalue weighted by Gasteiger charge is -2.35. The fourth-order valence-corrected chi connectivity index (χ4v) is 4.16. The van der Waals surface area contributed by atoms with Crippen LogP contribution in [0.1, 0.15) is 53.8 Å². The molecule has 1 amide bonds. The van der Waals surface area contributed by atoms with E-state index in [-0.39, 0.29) is 30.4 Å². The summed E-state index contributed by atoms with van der Waals surface area (Å²) < 4.78 is 0.589. The van der Waals surface area contributed by atoms with Crippen LogP contribution in [-0.2, 0) is 4.79 Å². The van der Waals surface area contributed by atoms with Crippen LogP contribution in [0.2, 0.25) is 4.34 Å². The van der Waals surface area contributed by atoms with Gasteiger partial charge in [-0.15, -0.1) is 11.3 Å². The number of carbonyl (C=O) groups excluding carboxylic acids is 2. The van der Waals surface area contributed by atoms with Crippen molar-refractivity contribution in [2.45, 2.75) is 39.5 Å². The molecule has 1 aliphatic rings. The number of aryl methyl sites for hydroxylation is 1. The highest BCUT2D eigenvalue weighted by atomic mass is 35.5. The molecule has 0 N–H and O–H groups in total. The highest BCUT2D eigenvalue weighted by Crippen LogP contribution is 2.23. The van der Waals surface area contributed by atoms with Gasteiger partial charge in [-0.05, 0) is 19.1 Å². The number of nitrogens with zero attached hydrogens (tertiary/aromatic N) is 4. The topological polar surface area (TPSA) is 66.4 Å². The van der Waals surface area contributed by atoms with E-state index >= 15 is 0 Å². The summed E-state index contributed by atoms with van der Waals surface area (Å²) in [5.41, 5.74) is 0.958. The lowest BCUT2D eigenvalue weighted by atomic mass is 10.1. The largest absolute Gasteiger partial charge is 0.353 e. The molecule has 0 saturated carbocycles. The van der Waals surface area contributed by atoms with Gasteiger partial charge < -0.3 is 9.80 Å². The van der Waals surface area contributed by atoms with Gasteiger partial charge in [-0.25, -0.2) is 9.97 Å². The Hall–Kier alpha value is -1.99. The summed E-state index contributed by atoms with van der Waals surface area (Å²) in [6, 6.07) is 5.42. The zero-order valence-electron chi connectivity index (χ0n) is 16.4. The van der Waals surface area contributed by atoms with Crippen molar-refractivity contribution in [2.24, 2.45) is 0 Å². The molecule has 0 unspecified atom stereocenters. The van der Waals surface area contributed by atoms with Gasteiger partial charge in [0.15, 0.2) is 5.78 Å². The van der Waals surface area contributed by atoms with E-state index in [4.69, 9.17) is 11.6 Å². The van der Waals surface area contributed by atoms with Gasteiger partial charge in [0.25, 0.3) is 0 Å². The molecule has 3 rings (SSSR count). The maximum Gasteiger partial charge on any atom is 0.223 e. The number of aromatic nitrogens is 2. The van der Waals surface area contributed by atoms with Crippen molar-refractivity contribution in [2.75, 3.05) is 31.1 Å². The maximum atomic E-state index is 12.5. The van der Waals surface area contributed by atoms with Gasteiger partial charge in [0.05, 0.1) is 9.21 Å². The minimum atomic E-state index is -0.0263. The van der Waals surface area contributed by atoms with Crippen molar-refractivity contribution in [3.63, 3.8) is 0 Å². The SMILES string of the molecule is Cc1cc(N2CCN(C(=O)CCC(=O)c3ccc(Cl)s3)CC2)nc(C(C)C)n1. The quantitative estimate of drug-likeness (QED) is 0.662. The van der Waals surface area contributed by atoms with E-state index in [1.807, 2.05) is 17.9 Å². The Labute approximate surface area is 174 Å². The number of hydrogen-bond donors (Lipinski definition) is 0. The van der Waals surface area contributed by atoms with E-state index in [1.54, 1.807) is 12.1 Å². The van der Waals surface area contributed by atoms with E-state index < -0.39 is 0 Å². The first-order chi connectivity index (χ1) is 13.3. The first-order valence-electron chi connectivity index (χ1n) is 9.50. The second-order valence-electron chi connectivity index (χ2n) is 7.28. The molecule has 28 heavy (non-hydrogen) atoms. The van der Waals surface area contributed by atoms with Gasteiger partial charge in [0.2, 0.25) is 5.91 Å². The third kappa shape index (κ3) is 5.08. The molecule has 0 atom stereocenters. The van der Waals surface area contributed by atoms with Crippen LogP contribution < -0.4 is 4.90 Å². The monoisotopic (exact) mass is 420 g/mol. The van der Waals surface area contributed by atoms with Gasteiger partial charge >= 0.3 is 0 Å². The molecule has 1 aliphatic heterocycles. The second-order valence-corrected chi connectivity index (χ2v) is 8.99. The van der Waals surface area contributed by atoms with Gasteiger partial charge in [-0.1, -0.05) is 25.4 Å². The van der Waals surface area contributed by atoms with Crippen LogP contribution in [0, 0.1) is 6.92 Å². The zero-order valence-corrected chi connectivity index (χ0v) is 18.0. The molecule has 0 radical (unpaired) electrons. The van der Waals surface area contributed by atoms with Crippen molar-refractivity contribution in [3.8, 4) is 0 Å². The number of anilines is 1. The van der Waals surface area contributed by atoms with E-state index in [0.29, 0.717) is 22.3 Å². The molecule has 0 aliphatic carbocycles. The van der Waals surface area contributed by atoms with Crippen LogP contribution in [0.5, 0.6) is 0 Å². The lowest BCUT2D eigenvalue weighted by Crippen LogP contribution is -2.49. The van der Waals surface area contributed by atoms with Crippen LogP contribution >= 0.6 is 22.9 Å². The van der Waals surface area contributed by atoms with Crippen LogP contribution in [0.15, 0.2) is 18.2 Å². The first-order valence-corrected chi connectivity index (χ1v) is 10.7. The molecular weight excluding hydrogens is 396 g/mol. The summed E-state index contributed by atoms with van der Waals surface area (Å²) in [6.45, 7) is 8.88. The van der Waals surface area contributed by atoms with E-state index in [1.165, 1.54) is 11.3 Å². The standard InChI is InChI=1S/C20H25ClN4O2S/c1-13(2)20-22-14(3)12-18(23-20)24-8-10-25(11-9-24)19(27)7-4-15(26)16-5-6-17(21)28-16/h5-6,12-13H,4,7-11H2,1-3H3. The highest BCUT2D eigenvalue weighted by molar-refractivity contribution is 7.18. The van der Waals surface area contributed by atoms with Crippen molar-refractivity contribution in [1.29, 1.82) is 0 Å². The normalized spacial score (nSPS) is 14.6. The van der Waals surface area contributed by atoms with Gasteiger partial charge in [0.1, 0.15) is 11.6 Å². The molecule has 2 aromatic rings. The Bertz CT molecular complexity index is 860. The number of thiophene rings is 1. The predicted octanol–water partition coefficient (Wildman–Crippen LogP) is 3.94. The number of hydrogen-bond acceptors (Lipinski definition) is 6. The minimum Gasteiger partial charge on any atom is -0.353 e. The van der Waals surface area contributed by atoms with Crippen molar-refractivity contribution >= 4 is 40.4 Å². The lowest BCUT2D eigenvalue weighted by molar-refractivity contribution is -0.131. The van der Waals surface area contributed by atoms with Crippen LogP contribution in [0.3, 0.4) is 0 Å². The zero-order chi connectivity index (χ0) is 20.3. The molecule has 1 fully saturated rings. The molecular formula is C20H25ClN4O2S. The predicted molar refractivity (Wildman–Crippen MR) is 113 cm³/mol. The van der Waals surface area contributed by atoms with Crippen molar-refractivity contribution < 1.29 is 9.59 Å².